The number of hydrogen-bond acceptors (Lipinski definition) is 5. The highest BCUT2D eigenvalue weighted by Gasteiger charge is 2.21. The largest absolute Gasteiger partial charge is 0.366 e. The molecule has 0 radical (unpaired) electrons. The lowest BCUT2D eigenvalue weighted by molar-refractivity contribution is 0.500. The number of piperazine rings is 1. The van der Waals surface area contributed by atoms with Gasteiger partial charge in [-0.3, -0.25) is 0 Å². The van der Waals surface area contributed by atoms with Crippen LogP contribution in [0.5, 0.6) is 0 Å². The van der Waals surface area contributed by atoms with Crippen molar-refractivity contribution < 1.29 is 8.78 Å². The zero-order chi connectivity index (χ0) is 21.8. The van der Waals surface area contributed by atoms with E-state index in [2.05, 4.69) is 57.5 Å². The van der Waals surface area contributed by atoms with Crippen LogP contribution in [0, 0.1) is 18.6 Å². The summed E-state index contributed by atoms with van der Waals surface area (Å²) in [7, 11) is 0. The second kappa shape index (κ2) is 9.39. The summed E-state index contributed by atoms with van der Waals surface area (Å²) >= 11 is 0. The second-order valence-corrected chi connectivity index (χ2v) is 7.92. The summed E-state index contributed by atoms with van der Waals surface area (Å²) in [5.41, 5.74) is 4.93. The zero-order valence-corrected chi connectivity index (χ0v) is 17.8. The average Bonchev–Trinajstić information content (AvgIpc) is 2.74. The number of aromatic nitrogens is 2. The minimum absolute atomic E-state index is 0.429. The zero-order valence-electron chi connectivity index (χ0n) is 17.8. The third-order valence-electron chi connectivity index (χ3n) is 5.67. The van der Waals surface area contributed by atoms with Crippen LogP contribution < -0.4 is 15.5 Å². The van der Waals surface area contributed by atoms with E-state index in [-0.39, 0.29) is 0 Å². The van der Waals surface area contributed by atoms with E-state index in [4.69, 9.17) is 0 Å². The molecule has 162 valence electrons. The van der Waals surface area contributed by atoms with Crippen molar-refractivity contribution in [2.75, 3.05) is 36.4 Å². The van der Waals surface area contributed by atoms with E-state index in [0.717, 1.165) is 37.0 Å². The van der Waals surface area contributed by atoms with Gasteiger partial charge in [0.15, 0.2) is 0 Å². The van der Waals surface area contributed by atoms with Gasteiger partial charge in [-0.1, -0.05) is 12.1 Å². The number of nitrogens with one attached hydrogen (secondary N) is 2. The van der Waals surface area contributed by atoms with E-state index in [0.29, 0.717) is 30.5 Å². The second-order valence-electron chi connectivity index (χ2n) is 7.92. The molecule has 0 spiro atoms. The highest BCUT2D eigenvalue weighted by Crippen LogP contribution is 2.31. The SMILES string of the molecule is Cc1c(-c2ccnc(NCCc3cc(F)cc(F)c3)n2)cccc1N1CCNC[C@@H]1C. The number of benzene rings is 2. The van der Waals surface area contributed by atoms with Crippen LogP contribution in [0.4, 0.5) is 20.4 Å². The van der Waals surface area contributed by atoms with Crippen LogP contribution >= 0.6 is 0 Å². The molecule has 1 aromatic heterocycles. The van der Waals surface area contributed by atoms with Gasteiger partial charge in [0, 0.05) is 55.7 Å². The maximum Gasteiger partial charge on any atom is 0.223 e. The number of hydrogen-bond donors (Lipinski definition) is 2. The first kappa shape index (κ1) is 21.2. The molecular weight excluding hydrogens is 396 g/mol. The maximum absolute atomic E-state index is 13.4. The third kappa shape index (κ3) is 4.99. The average molecular weight is 424 g/mol. The van der Waals surface area contributed by atoms with Crippen molar-refractivity contribution in [2.45, 2.75) is 26.3 Å². The molecule has 2 aromatic carbocycles. The smallest absolute Gasteiger partial charge is 0.223 e. The Bertz CT molecular complexity index is 1040. The first-order valence-electron chi connectivity index (χ1n) is 10.6. The molecule has 0 amide bonds. The van der Waals surface area contributed by atoms with Crippen molar-refractivity contribution in [3.63, 3.8) is 0 Å². The van der Waals surface area contributed by atoms with E-state index in [9.17, 15) is 8.78 Å². The first-order chi connectivity index (χ1) is 15.0. The monoisotopic (exact) mass is 423 g/mol. The number of rotatable bonds is 6. The Labute approximate surface area is 181 Å². The Kier molecular flexibility index (Phi) is 6.42. The topological polar surface area (TPSA) is 53.1 Å². The Hall–Kier alpha value is -3.06. The van der Waals surface area contributed by atoms with E-state index in [1.54, 1.807) is 6.20 Å². The van der Waals surface area contributed by atoms with Crippen molar-refractivity contribution in [2.24, 2.45) is 0 Å². The highest BCUT2D eigenvalue weighted by molar-refractivity contribution is 5.72. The Morgan fingerprint density at radius 2 is 1.97 bits per heavy atom. The van der Waals surface area contributed by atoms with E-state index in [1.807, 2.05) is 6.07 Å². The predicted octanol–water partition coefficient (Wildman–Crippen LogP) is 4.18. The fraction of sp³-hybridized carbons (Fsp3) is 0.333. The van der Waals surface area contributed by atoms with E-state index in [1.165, 1.54) is 23.4 Å². The summed E-state index contributed by atoms with van der Waals surface area (Å²) < 4.78 is 26.7. The molecule has 1 fully saturated rings. The summed E-state index contributed by atoms with van der Waals surface area (Å²) in [5, 5.41) is 6.59. The Morgan fingerprint density at radius 3 is 2.74 bits per heavy atom. The Morgan fingerprint density at radius 1 is 1.16 bits per heavy atom. The molecule has 1 aliphatic rings. The van der Waals surface area contributed by atoms with Gasteiger partial charge in [-0.25, -0.2) is 18.7 Å². The molecule has 1 atom stereocenters. The number of anilines is 2. The highest BCUT2D eigenvalue weighted by atomic mass is 19.1. The van der Waals surface area contributed by atoms with Crippen LogP contribution in [-0.4, -0.2) is 42.2 Å². The molecule has 3 aromatic rings. The lowest BCUT2D eigenvalue weighted by Gasteiger charge is -2.37. The van der Waals surface area contributed by atoms with Crippen molar-refractivity contribution in [1.82, 2.24) is 15.3 Å². The summed E-state index contributed by atoms with van der Waals surface area (Å²) in [6.07, 6.45) is 2.20. The van der Waals surface area contributed by atoms with Crippen LogP contribution in [0.25, 0.3) is 11.3 Å². The normalized spacial score (nSPS) is 16.4. The summed E-state index contributed by atoms with van der Waals surface area (Å²) in [4.78, 5) is 11.4. The standard InChI is InChI=1S/C24H27F2N5/c1-16-15-27-10-11-31(16)23-5-3-4-21(17(23)2)22-7-9-29-24(30-22)28-8-6-18-12-19(25)14-20(26)13-18/h3-5,7,9,12-14,16,27H,6,8,10-11,15H2,1-2H3,(H,28,29,30)/t16-/m0/s1. The number of halogens is 2. The molecule has 0 unspecified atom stereocenters. The fourth-order valence-electron chi connectivity index (χ4n) is 4.08. The van der Waals surface area contributed by atoms with Crippen molar-refractivity contribution in [3.05, 3.63) is 71.4 Å². The van der Waals surface area contributed by atoms with Crippen LogP contribution in [0.1, 0.15) is 18.1 Å². The molecule has 7 heteroatoms. The minimum Gasteiger partial charge on any atom is -0.366 e. The molecule has 5 nitrogen and oxygen atoms in total. The molecule has 0 aliphatic carbocycles. The van der Waals surface area contributed by atoms with Gasteiger partial charge in [-0.15, -0.1) is 0 Å². The van der Waals surface area contributed by atoms with Gasteiger partial charge in [-0.05, 0) is 55.7 Å². The quantitative estimate of drug-likeness (QED) is 0.623. The maximum atomic E-state index is 13.4. The third-order valence-corrected chi connectivity index (χ3v) is 5.67. The van der Waals surface area contributed by atoms with Gasteiger partial charge >= 0.3 is 0 Å². The predicted molar refractivity (Wildman–Crippen MR) is 120 cm³/mol. The van der Waals surface area contributed by atoms with Gasteiger partial charge in [0.2, 0.25) is 5.95 Å². The molecule has 4 rings (SSSR count). The van der Waals surface area contributed by atoms with Crippen molar-refractivity contribution >= 4 is 11.6 Å². The molecule has 2 N–H and O–H groups in total. The lowest BCUT2D eigenvalue weighted by atomic mass is 10.0. The van der Waals surface area contributed by atoms with Gasteiger partial charge in [-0.2, -0.15) is 0 Å². The molecule has 1 aliphatic heterocycles. The minimum atomic E-state index is -0.567. The summed E-state index contributed by atoms with van der Waals surface area (Å²) in [5.74, 6) is -0.639. The van der Waals surface area contributed by atoms with Gasteiger partial charge in [0.1, 0.15) is 11.6 Å². The first-order valence-corrected chi connectivity index (χ1v) is 10.6. The Balaban J connectivity index is 1.49. The summed E-state index contributed by atoms with van der Waals surface area (Å²) in [6, 6.07) is 12.2. The van der Waals surface area contributed by atoms with Gasteiger partial charge in [0.25, 0.3) is 0 Å². The lowest BCUT2D eigenvalue weighted by Crippen LogP contribution is -2.50. The molecule has 1 saturated heterocycles. The molecule has 31 heavy (non-hydrogen) atoms. The molecule has 0 saturated carbocycles. The van der Waals surface area contributed by atoms with E-state index < -0.39 is 11.6 Å². The van der Waals surface area contributed by atoms with Crippen LogP contribution in [0.3, 0.4) is 0 Å². The van der Waals surface area contributed by atoms with Crippen molar-refractivity contribution in [3.8, 4) is 11.3 Å². The van der Waals surface area contributed by atoms with Crippen LogP contribution in [0.15, 0.2) is 48.7 Å². The van der Waals surface area contributed by atoms with Gasteiger partial charge < -0.3 is 15.5 Å². The number of nitrogens with zero attached hydrogens (tertiary/aromatic N) is 3. The molecule has 2 heterocycles. The fourth-order valence-corrected chi connectivity index (χ4v) is 4.08. The van der Waals surface area contributed by atoms with Crippen LogP contribution in [0.2, 0.25) is 0 Å². The van der Waals surface area contributed by atoms with Gasteiger partial charge in [0.05, 0.1) is 5.69 Å². The van der Waals surface area contributed by atoms with Crippen LogP contribution in [-0.2, 0) is 6.42 Å². The summed E-state index contributed by atoms with van der Waals surface area (Å²) in [6.45, 7) is 7.76. The van der Waals surface area contributed by atoms with Crippen molar-refractivity contribution in [1.29, 1.82) is 0 Å². The van der Waals surface area contributed by atoms with E-state index >= 15 is 0 Å². The molecular formula is C24H27F2N5. The molecule has 0 bridgehead atoms.